The van der Waals surface area contributed by atoms with Crippen molar-refractivity contribution in [2.45, 2.75) is 0 Å². The Morgan fingerprint density at radius 2 is 1.95 bits per heavy atom. The van der Waals surface area contributed by atoms with Gasteiger partial charge in [0.1, 0.15) is 5.82 Å². The van der Waals surface area contributed by atoms with Gasteiger partial charge in [-0.25, -0.2) is 18.2 Å². The first-order valence-electron chi connectivity index (χ1n) is 5.26. The summed E-state index contributed by atoms with van der Waals surface area (Å²) in [6, 6.07) is 2.76. The lowest BCUT2D eigenvalue weighted by molar-refractivity contribution is 0.102. The number of nitrogens with two attached hydrogens (primary N) is 1. The van der Waals surface area contributed by atoms with E-state index in [2.05, 4.69) is 10.3 Å². The fourth-order valence-corrected chi connectivity index (χ4v) is 1.63. The smallest absolute Gasteiger partial charge is 0.257 e. The van der Waals surface area contributed by atoms with Gasteiger partial charge < -0.3 is 11.1 Å². The molecule has 1 amide bonds. The molecule has 4 nitrogen and oxygen atoms in total. The molecule has 0 saturated carbocycles. The maximum Gasteiger partial charge on any atom is 0.257 e. The van der Waals surface area contributed by atoms with Crippen LogP contribution in [-0.4, -0.2) is 10.9 Å². The van der Waals surface area contributed by atoms with Crippen molar-refractivity contribution in [1.29, 1.82) is 0 Å². The summed E-state index contributed by atoms with van der Waals surface area (Å²) in [5.41, 5.74) is 4.82. The molecule has 3 N–H and O–H groups in total. The van der Waals surface area contributed by atoms with E-state index in [1.807, 2.05) is 0 Å². The van der Waals surface area contributed by atoms with Crippen LogP contribution in [0.25, 0.3) is 0 Å². The van der Waals surface area contributed by atoms with Crippen LogP contribution in [0.1, 0.15) is 10.4 Å². The molecule has 0 atom stereocenters. The summed E-state index contributed by atoms with van der Waals surface area (Å²) in [5.74, 6) is -5.33. The summed E-state index contributed by atoms with van der Waals surface area (Å²) < 4.78 is 39.2. The molecule has 0 bridgehead atoms. The van der Waals surface area contributed by atoms with Crippen LogP contribution in [0.15, 0.2) is 24.4 Å². The Morgan fingerprint density at radius 1 is 1.25 bits per heavy atom. The zero-order valence-electron chi connectivity index (χ0n) is 9.75. The molecule has 2 rings (SSSR count). The van der Waals surface area contributed by atoms with Crippen molar-refractivity contribution < 1.29 is 18.0 Å². The summed E-state index contributed by atoms with van der Waals surface area (Å²) in [6.45, 7) is 0. The second kappa shape index (κ2) is 5.38. The normalized spacial score (nSPS) is 10.4. The van der Waals surface area contributed by atoms with Crippen LogP contribution in [0.3, 0.4) is 0 Å². The third kappa shape index (κ3) is 2.67. The number of hydrogen-bond donors (Lipinski definition) is 2. The molecule has 0 saturated heterocycles. The number of hydrogen-bond acceptors (Lipinski definition) is 3. The molecule has 0 aliphatic heterocycles. The van der Waals surface area contributed by atoms with Crippen LogP contribution >= 0.6 is 11.6 Å². The number of aromatic nitrogens is 1. The quantitative estimate of drug-likeness (QED) is 0.838. The van der Waals surface area contributed by atoms with Crippen LogP contribution in [0.5, 0.6) is 0 Å². The molecule has 0 fully saturated rings. The highest BCUT2D eigenvalue weighted by atomic mass is 35.5. The number of benzene rings is 1. The summed E-state index contributed by atoms with van der Waals surface area (Å²) >= 11 is 5.75. The van der Waals surface area contributed by atoms with E-state index >= 15 is 0 Å². The van der Waals surface area contributed by atoms with E-state index in [4.69, 9.17) is 17.3 Å². The molecule has 104 valence electrons. The highest BCUT2D eigenvalue weighted by molar-refractivity contribution is 6.34. The minimum atomic E-state index is -1.68. The lowest BCUT2D eigenvalue weighted by atomic mass is 10.2. The largest absolute Gasteiger partial charge is 0.384 e. The lowest BCUT2D eigenvalue weighted by Gasteiger charge is -2.08. The lowest BCUT2D eigenvalue weighted by Crippen LogP contribution is -2.15. The van der Waals surface area contributed by atoms with Crippen LogP contribution in [0.2, 0.25) is 5.02 Å². The van der Waals surface area contributed by atoms with Gasteiger partial charge in [-0.1, -0.05) is 11.6 Å². The van der Waals surface area contributed by atoms with Gasteiger partial charge >= 0.3 is 0 Å². The van der Waals surface area contributed by atoms with Crippen molar-refractivity contribution in [2.75, 3.05) is 11.1 Å². The molecular formula is C12H7ClF3N3O. The number of halogens is 4. The van der Waals surface area contributed by atoms with Gasteiger partial charge in [-0.15, -0.1) is 0 Å². The first-order valence-corrected chi connectivity index (χ1v) is 5.64. The molecular weight excluding hydrogens is 295 g/mol. The van der Waals surface area contributed by atoms with E-state index < -0.39 is 29.0 Å². The monoisotopic (exact) mass is 301 g/mol. The minimum absolute atomic E-state index is 0.0142. The number of carbonyl (C=O) groups excluding carboxylic acids is 1. The van der Waals surface area contributed by atoms with E-state index in [0.29, 0.717) is 6.07 Å². The predicted octanol–water partition coefficient (Wildman–Crippen LogP) is 2.99. The molecule has 0 aliphatic rings. The average molecular weight is 302 g/mol. The number of nitrogen functional groups attached to an aromatic ring is 1. The second-order valence-corrected chi connectivity index (χ2v) is 4.17. The van der Waals surface area contributed by atoms with Gasteiger partial charge in [-0.05, 0) is 18.2 Å². The second-order valence-electron chi connectivity index (χ2n) is 3.77. The van der Waals surface area contributed by atoms with Crippen molar-refractivity contribution in [1.82, 2.24) is 4.98 Å². The van der Waals surface area contributed by atoms with Crippen molar-refractivity contribution in [2.24, 2.45) is 0 Å². The van der Waals surface area contributed by atoms with Gasteiger partial charge in [0, 0.05) is 6.20 Å². The zero-order chi connectivity index (χ0) is 14.9. The number of carbonyl (C=O) groups is 1. The SMILES string of the molecule is Nc1cc(C(=O)Nc2ccc(F)c(F)c2F)c(Cl)cn1. The highest BCUT2D eigenvalue weighted by Gasteiger charge is 2.17. The van der Waals surface area contributed by atoms with E-state index in [1.165, 1.54) is 6.07 Å². The van der Waals surface area contributed by atoms with E-state index in [-0.39, 0.29) is 16.4 Å². The number of anilines is 2. The number of pyridine rings is 1. The van der Waals surface area contributed by atoms with E-state index in [0.717, 1.165) is 12.3 Å². The topological polar surface area (TPSA) is 68.0 Å². The molecule has 0 aliphatic carbocycles. The number of nitrogens with zero attached hydrogens (tertiary/aromatic N) is 1. The third-order valence-electron chi connectivity index (χ3n) is 2.40. The fraction of sp³-hybridized carbons (Fsp3) is 0. The van der Waals surface area contributed by atoms with Gasteiger partial charge in [0.2, 0.25) is 0 Å². The van der Waals surface area contributed by atoms with Crippen molar-refractivity contribution in [3.05, 3.63) is 52.4 Å². The molecule has 0 spiro atoms. The molecule has 1 heterocycles. The molecule has 20 heavy (non-hydrogen) atoms. The van der Waals surface area contributed by atoms with Crippen LogP contribution < -0.4 is 11.1 Å². The number of amides is 1. The Hall–Kier alpha value is -2.28. The maximum absolute atomic E-state index is 13.4. The summed E-state index contributed by atoms with van der Waals surface area (Å²) in [5, 5.41) is 2.06. The molecule has 1 aromatic heterocycles. The van der Waals surface area contributed by atoms with Crippen LogP contribution in [0.4, 0.5) is 24.7 Å². The standard InChI is InChI=1S/C12H7ClF3N3O/c13-6-4-18-9(17)3-5(6)12(20)19-8-2-1-7(14)10(15)11(8)16/h1-4H,(H2,17,18)(H,19,20). The maximum atomic E-state index is 13.4. The molecule has 2 aromatic rings. The summed E-state index contributed by atoms with van der Waals surface area (Å²) in [7, 11) is 0. The Morgan fingerprint density at radius 3 is 2.65 bits per heavy atom. The van der Waals surface area contributed by atoms with Crippen molar-refractivity contribution in [3.8, 4) is 0 Å². The van der Waals surface area contributed by atoms with Crippen molar-refractivity contribution in [3.63, 3.8) is 0 Å². The Labute approximate surface area is 116 Å². The average Bonchev–Trinajstić information content (AvgIpc) is 2.42. The highest BCUT2D eigenvalue weighted by Crippen LogP contribution is 2.22. The van der Waals surface area contributed by atoms with Gasteiger partial charge in [0.25, 0.3) is 5.91 Å². The van der Waals surface area contributed by atoms with Crippen molar-refractivity contribution >= 4 is 29.0 Å². The van der Waals surface area contributed by atoms with E-state index in [9.17, 15) is 18.0 Å². The zero-order valence-corrected chi connectivity index (χ0v) is 10.5. The van der Waals surface area contributed by atoms with E-state index in [1.54, 1.807) is 0 Å². The first-order chi connectivity index (χ1) is 9.40. The third-order valence-corrected chi connectivity index (χ3v) is 2.71. The molecule has 1 aromatic carbocycles. The Bertz CT molecular complexity index is 694. The fourth-order valence-electron chi connectivity index (χ4n) is 1.44. The van der Waals surface area contributed by atoms with Gasteiger partial charge in [0.15, 0.2) is 17.5 Å². The van der Waals surface area contributed by atoms with Crippen LogP contribution in [-0.2, 0) is 0 Å². The van der Waals surface area contributed by atoms with Gasteiger partial charge in [-0.3, -0.25) is 4.79 Å². The molecule has 0 unspecified atom stereocenters. The summed E-state index contributed by atoms with van der Waals surface area (Å²) in [6.07, 6.45) is 1.15. The van der Waals surface area contributed by atoms with Crippen LogP contribution in [0, 0.1) is 17.5 Å². The Balaban J connectivity index is 2.33. The van der Waals surface area contributed by atoms with Gasteiger partial charge in [-0.2, -0.15) is 0 Å². The van der Waals surface area contributed by atoms with Gasteiger partial charge in [0.05, 0.1) is 16.3 Å². The number of rotatable bonds is 2. The first kappa shape index (κ1) is 14.1. The molecule has 8 heteroatoms. The minimum Gasteiger partial charge on any atom is -0.384 e. The number of nitrogens with one attached hydrogen (secondary N) is 1. The summed E-state index contributed by atoms with van der Waals surface area (Å²) in [4.78, 5) is 15.5. The Kier molecular flexibility index (Phi) is 3.80. The predicted molar refractivity (Wildman–Crippen MR) is 67.9 cm³/mol. The molecule has 0 radical (unpaired) electrons.